The van der Waals surface area contributed by atoms with E-state index in [1.165, 1.54) is 15.5 Å². The highest BCUT2D eigenvalue weighted by Gasteiger charge is 2.37. The summed E-state index contributed by atoms with van der Waals surface area (Å²) in [5.41, 5.74) is 6.84. The van der Waals surface area contributed by atoms with Crippen molar-refractivity contribution < 1.29 is 14.3 Å². The zero-order valence-corrected chi connectivity index (χ0v) is 24.7. The fourth-order valence-electron chi connectivity index (χ4n) is 5.78. The number of nitrogens with two attached hydrogens (primary N) is 1. The number of aromatic nitrogens is 4. The molecule has 0 radical (unpaired) electrons. The van der Waals surface area contributed by atoms with Gasteiger partial charge in [-0.1, -0.05) is 18.2 Å². The number of carbonyl (C=O) groups is 1. The highest BCUT2D eigenvalue weighted by Crippen LogP contribution is 2.28. The number of amides is 1. The van der Waals surface area contributed by atoms with Crippen LogP contribution in [0.1, 0.15) is 20.3 Å². The van der Waals surface area contributed by atoms with E-state index in [4.69, 9.17) is 15.2 Å². The smallest absolute Gasteiger partial charge is 0.335 e. The Balaban J connectivity index is 1.26. The van der Waals surface area contributed by atoms with Crippen LogP contribution in [0.2, 0.25) is 0 Å². The van der Waals surface area contributed by atoms with Gasteiger partial charge in [-0.3, -0.25) is 18.8 Å². The summed E-state index contributed by atoms with van der Waals surface area (Å²) in [6.07, 6.45) is 3.75. The number of carbonyl (C=O) groups excluding carboxylic acids is 1. The van der Waals surface area contributed by atoms with Gasteiger partial charge < -0.3 is 20.1 Å². The minimum Gasteiger partial charge on any atom is -0.457 e. The number of hydrogen-bond donors (Lipinski definition) is 1. The molecule has 4 aromatic rings. The Kier molecular flexibility index (Phi) is 7.90. The van der Waals surface area contributed by atoms with Gasteiger partial charge in [-0.05, 0) is 62.7 Å². The van der Waals surface area contributed by atoms with E-state index in [1.54, 1.807) is 35.2 Å². The molecule has 44 heavy (non-hydrogen) atoms. The van der Waals surface area contributed by atoms with Crippen molar-refractivity contribution in [2.24, 2.45) is 0 Å². The first kappa shape index (κ1) is 29.1. The Morgan fingerprint density at radius 2 is 1.80 bits per heavy atom. The summed E-state index contributed by atoms with van der Waals surface area (Å²) < 4.78 is 14.4. The van der Waals surface area contributed by atoms with Crippen LogP contribution in [0.15, 0.2) is 77.4 Å². The molecule has 6 rings (SSSR count). The van der Waals surface area contributed by atoms with Crippen molar-refractivity contribution in [3.63, 3.8) is 0 Å². The minimum atomic E-state index is -0.495. The maximum absolute atomic E-state index is 13.9. The number of hydrogen-bond acceptors (Lipinski definition) is 9. The number of ether oxygens (including phenoxy) is 2. The Hall–Kier alpha value is -4.99. The van der Waals surface area contributed by atoms with E-state index >= 15 is 0 Å². The maximum Gasteiger partial charge on any atom is 0.335 e. The molecule has 4 heterocycles. The third-order valence-corrected chi connectivity index (χ3v) is 8.28. The minimum absolute atomic E-state index is 0.0883. The van der Waals surface area contributed by atoms with Crippen LogP contribution in [-0.2, 0) is 16.1 Å². The normalized spacial score (nSPS) is 17.7. The fraction of sp³-hybridized carbons (Fsp3) is 0.344. The molecule has 0 aliphatic carbocycles. The number of nitrogen functional groups attached to an aromatic ring is 1. The SMILES string of the molecule is CC(C)(C=C(C#N)C(=O)N1CC[C@H]1Cn1c(=O)n(-c2ccc(Oc3ccccc3)cc2)c2c(N)ncnc21)N1CCOCC1. The summed E-state index contributed by atoms with van der Waals surface area (Å²) in [6, 6.07) is 18.3. The molecule has 0 bridgehead atoms. The summed E-state index contributed by atoms with van der Waals surface area (Å²) in [4.78, 5) is 39.8. The molecule has 2 N–H and O–H groups in total. The lowest BCUT2D eigenvalue weighted by atomic mass is 9.95. The molecule has 0 unspecified atom stereocenters. The van der Waals surface area contributed by atoms with Crippen LogP contribution in [0.4, 0.5) is 5.82 Å². The zero-order chi connectivity index (χ0) is 30.8. The Bertz CT molecular complexity index is 1800. The van der Waals surface area contributed by atoms with Gasteiger partial charge in [0.25, 0.3) is 5.91 Å². The average Bonchev–Trinajstić information content (AvgIpc) is 3.31. The molecule has 12 heteroatoms. The van der Waals surface area contributed by atoms with Crippen LogP contribution < -0.4 is 16.2 Å². The van der Waals surface area contributed by atoms with Crippen molar-refractivity contribution in [2.75, 3.05) is 38.6 Å². The number of imidazole rings is 1. The van der Waals surface area contributed by atoms with Gasteiger partial charge in [0, 0.05) is 31.7 Å². The number of likely N-dealkylation sites (tertiary alicyclic amines) is 1. The first-order valence-corrected chi connectivity index (χ1v) is 14.6. The van der Waals surface area contributed by atoms with E-state index in [0.29, 0.717) is 54.5 Å². The lowest BCUT2D eigenvalue weighted by Gasteiger charge is -2.42. The van der Waals surface area contributed by atoms with Crippen LogP contribution >= 0.6 is 0 Å². The largest absolute Gasteiger partial charge is 0.457 e. The van der Waals surface area contributed by atoms with Crippen LogP contribution in [0.3, 0.4) is 0 Å². The van der Waals surface area contributed by atoms with Crippen LogP contribution in [0.5, 0.6) is 11.5 Å². The molecule has 2 aliphatic rings. The Labute approximate surface area is 254 Å². The van der Waals surface area contributed by atoms with Crippen LogP contribution in [-0.4, -0.2) is 79.2 Å². The van der Waals surface area contributed by atoms with Gasteiger partial charge in [-0.2, -0.15) is 5.26 Å². The third-order valence-electron chi connectivity index (χ3n) is 8.28. The fourth-order valence-corrected chi connectivity index (χ4v) is 5.78. The van der Waals surface area contributed by atoms with E-state index in [1.807, 2.05) is 44.2 Å². The van der Waals surface area contributed by atoms with Gasteiger partial charge in [0.05, 0.1) is 24.9 Å². The van der Waals surface area contributed by atoms with Gasteiger partial charge in [-0.15, -0.1) is 0 Å². The number of rotatable bonds is 8. The molecule has 0 saturated carbocycles. The van der Waals surface area contributed by atoms with Crippen molar-refractivity contribution in [1.82, 2.24) is 28.9 Å². The van der Waals surface area contributed by atoms with Crippen molar-refractivity contribution >= 4 is 22.9 Å². The average molecular weight is 595 g/mol. The summed E-state index contributed by atoms with van der Waals surface area (Å²) in [7, 11) is 0. The second-order valence-electron chi connectivity index (χ2n) is 11.4. The van der Waals surface area contributed by atoms with Crippen LogP contribution in [0.25, 0.3) is 16.9 Å². The number of benzene rings is 2. The predicted molar refractivity (Wildman–Crippen MR) is 164 cm³/mol. The van der Waals surface area contributed by atoms with Gasteiger partial charge in [0.1, 0.15) is 35.0 Å². The molecule has 2 saturated heterocycles. The van der Waals surface area contributed by atoms with Gasteiger partial charge in [-0.25, -0.2) is 14.8 Å². The van der Waals surface area contributed by atoms with E-state index in [2.05, 4.69) is 20.9 Å². The maximum atomic E-state index is 13.9. The molecular weight excluding hydrogens is 560 g/mol. The lowest BCUT2D eigenvalue weighted by Crippen LogP contribution is -2.54. The van der Waals surface area contributed by atoms with Gasteiger partial charge in [0.15, 0.2) is 11.5 Å². The summed E-state index contributed by atoms with van der Waals surface area (Å²) in [6.45, 7) is 7.36. The molecule has 2 aromatic heterocycles. The van der Waals surface area contributed by atoms with Crippen molar-refractivity contribution in [2.45, 2.75) is 38.4 Å². The first-order chi connectivity index (χ1) is 21.3. The molecule has 226 valence electrons. The number of fused-ring (bicyclic) bond motifs is 1. The number of morpholine rings is 1. The van der Waals surface area contributed by atoms with E-state index < -0.39 is 5.54 Å². The van der Waals surface area contributed by atoms with E-state index in [0.717, 1.165) is 13.1 Å². The molecular formula is C32H34N8O4. The monoisotopic (exact) mass is 594 g/mol. The molecule has 1 amide bonds. The molecule has 2 aliphatic heterocycles. The Morgan fingerprint density at radius 1 is 1.09 bits per heavy atom. The second kappa shape index (κ2) is 11.9. The zero-order valence-electron chi connectivity index (χ0n) is 24.7. The third kappa shape index (κ3) is 5.55. The topological polar surface area (TPSA) is 145 Å². The second-order valence-corrected chi connectivity index (χ2v) is 11.4. The standard InChI is InChI=1S/C32H34N8O4/c1-32(2,37-14-16-43-17-15-37)18-22(19-33)30(41)38-13-12-24(38)20-39-29-27(28(34)35-21-36-29)40(31(39)42)23-8-10-26(11-9-23)44-25-6-4-3-5-7-25/h3-11,18,21,24H,12-17,20H2,1-2H3,(H2,34,35,36)/t24-/m0/s1. The highest BCUT2D eigenvalue weighted by atomic mass is 16.5. The lowest BCUT2D eigenvalue weighted by molar-refractivity contribution is -0.134. The van der Waals surface area contributed by atoms with E-state index in [-0.39, 0.29) is 35.6 Å². The quantitative estimate of drug-likeness (QED) is 0.240. The first-order valence-electron chi connectivity index (χ1n) is 14.6. The van der Waals surface area contributed by atoms with Gasteiger partial charge >= 0.3 is 5.69 Å². The van der Waals surface area contributed by atoms with Gasteiger partial charge in [0.2, 0.25) is 0 Å². The number of anilines is 1. The van der Waals surface area contributed by atoms with E-state index in [9.17, 15) is 14.9 Å². The predicted octanol–water partition coefficient (Wildman–Crippen LogP) is 3.12. The Morgan fingerprint density at radius 3 is 2.45 bits per heavy atom. The van der Waals surface area contributed by atoms with Crippen molar-refractivity contribution in [3.8, 4) is 23.3 Å². The highest BCUT2D eigenvalue weighted by molar-refractivity contribution is 5.98. The van der Waals surface area contributed by atoms with Crippen molar-refractivity contribution in [1.29, 1.82) is 5.26 Å². The number of nitriles is 1. The number of para-hydroxylation sites is 1. The molecule has 1 atom stereocenters. The molecule has 0 spiro atoms. The van der Waals surface area contributed by atoms with Crippen molar-refractivity contribution in [3.05, 3.63) is 83.1 Å². The summed E-state index contributed by atoms with van der Waals surface area (Å²) in [5.74, 6) is 1.13. The molecule has 12 nitrogen and oxygen atoms in total. The summed E-state index contributed by atoms with van der Waals surface area (Å²) in [5, 5.41) is 9.94. The molecule has 2 fully saturated rings. The van der Waals surface area contributed by atoms with Crippen LogP contribution in [0, 0.1) is 11.3 Å². The molecule has 2 aromatic carbocycles. The number of nitrogens with zero attached hydrogens (tertiary/aromatic N) is 7. The summed E-state index contributed by atoms with van der Waals surface area (Å²) >= 11 is 0.